The lowest BCUT2D eigenvalue weighted by atomic mass is 10.0. The monoisotopic (exact) mass is 230 g/mol. The van der Waals surface area contributed by atoms with E-state index in [1.54, 1.807) is 0 Å². The van der Waals surface area contributed by atoms with E-state index >= 15 is 0 Å². The number of likely N-dealkylation sites (N-methyl/N-ethyl adjacent to an activating group) is 1. The molecule has 0 aliphatic heterocycles. The number of hydrogen-bond acceptors (Lipinski definition) is 3. The molecular weight excluding hydrogens is 200 g/mol. The molecule has 0 radical (unpaired) electrons. The first-order valence-corrected chi connectivity index (χ1v) is 6.48. The lowest BCUT2D eigenvalue weighted by Gasteiger charge is -2.34. The van der Waals surface area contributed by atoms with Crippen LogP contribution in [0.4, 0.5) is 0 Å². The Hall–Kier alpha value is -0.120. The van der Waals surface area contributed by atoms with Gasteiger partial charge in [0.25, 0.3) is 0 Å². The summed E-state index contributed by atoms with van der Waals surface area (Å²) >= 11 is 0. The van der Waals surface area contributed by atoms with Crippen LogP contribution in [0.5, 0.6) is 0 Å². The minimum atomic E-state index is -0.651. The van der Waals surface area contributed by atoms with Crippen LogP contribution in [0.15, 0.2) is 0 Å². The highest BCUT2D eigenvalue weighted by molar-refractivity contribution is 4.81. The Morgan fingerprint density at radius 2 is 1.75 bits per heavy atom. The molecule has 0 saturated heterocycles. The molecule has 0 rings (SSSR count). The zero-order valence-corrected chi connectivity index (χ0v) is 11.9. The first-order chi connectivity index (χ1) is 7.32. The van der Waals surface area contributed by atoms with Gasteiger partial charge in [0.2, 0.25) is 0 Å². The highest BCUT2D eigenvalue weighted by atomic mass is 16.3. The van der Waals surface area contributed by atoms with E-state index in [0.29, 0.717) is 18.6 Å². The quantitative estimate of drug-likeness (QED) is 0.668. The molecule has 1 atom stereocenters. The van der Waals surface area contributed by atoms with Crippen molar-refractivity contribution in [2.75, 3.05) is 20.1 Å². The van der Waals surface area contributed by atoms with E-state index < -0.39 is 5.60 Å². The summed E-state index contributed by atoms with van der Waals surface area (Å²) < 4.78 is 0. The topological polar surface area (TPSA) is 35.5 Å². The molecule has 3 heteroatoms. The van der Waals surface area contributed by atoms with Crippen LogP contribution < -0.4 is 5.32 Å². The van der Waals surface area contributed by atoms with Crippen LogP contribution in [-0.4, -0.2) is 47.8 Å². The Morgan fingerprint density at radius 3 is 2.12 bits per heavy atom. The van der Waals surface area contributed by atoms with Gasteiger partial charge in [0, 0.05) is 25.2 Å². The first-order valence-electron chi connectivity index (χ1n) is 6.48. The highest BCUT2D eigenvalue weighted by Crippen LogP contribution is 2.11. The van der Waals surface area contributed by atoms with Crippen molar-refractivity contribution in [3.63, 3.8) is 0 Å². The molecule has 98 valence electrons. The van der Waals surface area contributed by atoms with Crippen molar-refractivity contribution in [2.45, 2.75) is 65.1 Å². The van der Waals surface area contributed by atoms with Crippen molar-refractivity contribution in [1.29, 1.82) is 0 Å². The predicted octanol–water partition coefficient (Wildman–Crippen LogP) is 1.86. The summed E-state index contributed by atoms with van der Waals surface area (Å²) in [5, 5.41) is 13.6. The molecule has 0 aromatic heterocycles. The van der Waals surface area contributed by atoms with E-state index in [1.807, 2.05) is 6.92 Å². The summed E-state index contributed by atoms with van der Waals surface area (Å²) in [6, 6.07) is 0.996. The minimum Gasteiger partial charge on any atom is -0.388 e. The molecule has 0 fully saturated rings. The first kappa shape index (κ1) is 15.9. The van der Waals surface area contributed by atoms with Crippen molar-refractivity contribution in [3.05, 3.63) is 0 Å². The largest absolute Gasteiger partial charge is 0.388 e. The molecule has 0 aliphatic carbocycles. The van der Waals surface area contributed by atoms with E-state index in [1.165, 1.54) is 0 Å². The number of nitrogens with one attached hydrogen (secondary N) is 1. The zero-order valence-electron chi connectivity index (χ0n) is 11.9. The maximum atomic E-state index is 10.3. The Kier molecular flexibility index (Phi) is 7.20. The average molecular weight is 230 g/mol. The predicted molar refractivity (Wildman–Crippen MR) is 70.8 cm³/mol. The zero-order chi connectivity index (χ0) is 12.8. The third kappa shape index (κ3) is 6.46. The molecule has 0 saturated carbocycles. The van der Waals surface area contributed by atoms with Gasteiger partial charge in [-0.2, -0.15) is 0 Å². The molecule has 0 bridgehead atoms. The fourth-order valence-corrected chi connectivity index (χ4v) is 2.06. The van der Waals surface area contributed by atoms with Crippen molar-refractivity contribution in [2.24, 2.45) is 0 Å². The normalized spacial score (nSPS) is 16.1. The minimum absolute atomic E-state index is 0.421. The van der Waals surface area contributed by atoms with Crippen LogP contribution in [0.3, 0.4) is 0 Å². The van der Waals surface area contributed by atoms with E-state index in [2.05, 4.69) is 45.0 Å². The third-order valence-electron chi connectivity index (χ3n) is 3.05. The maximum Gasteiger partial charge on any atom is 0.0869 e. The van der Waals surface area contributed by atoms with E-state index in [9.17, 15) is 5.11 Å². The van der Waals surface area contributed by atoms with Gasteiger partial charge in [0.05, 0.1) is 5.60 Å². The Balaban J connectivity index is 4.12. The molecule has 1 unspecified atom stereocenters. The smallest absolute Gasteiger partial charge is 0.0869 e. The third-order valence-corrected chi connectivity index (χ3v) is 3.05. The second-order valence-electron chi connectivity index (χ2n) is 5.42. The van der Waals surface area contributed by atoms with E-state index in [-0.39, 0.29) is 0 Å². The molecule has 0 aromatic rings. The van der Waals surface area contributed by atoms with Gasteiger partial charge in [-0.1, -0.05) is 27.7 Å². The van der Waals surface area contributed by atoms with Gasteiger partial charge in [0.1, 0.15) is 0 Å². The Morgan fingerprint density at radius 1 is 1.25 bits per heavy atom. The second-order valence-corrected chi connectivity index (χ2v) is 5.42. The summed E-state index contributed by atoms with van der Waals surface area (Å²) in [6.45, 7) is 11.9. The van der Waals surface area contributed by atoms with Crippen molar-refractivity contribution in [3.8, 4) is 0 Å². The number of hydrogen-bond donors (Lipinski definition) is 2. The molecule has 0 spiro atoms. The van der Waals surface area contributed by atoms with Gasteiger partial charge in [-0.25, -0.2) is 0 Å². The van der Waals surface area contributed by atoms with Crippen LogP contribution in [0.25, 0.3) is 0 Å². The van der Waals surface area contributed by atoms with Crippen molar-refractivity contribution >= 4 is 0 Å². The fraction of sp³-hybridized carbons (Fsp3) is 1.00. The second kappa shape index (κ2) is 7.25. The summed E-state index contributed by atoms with van der Waals surface area (Å²) in [5.74, 6) is 0. The van der Waals surface area contributed by atoms with Crippen LogP contribution >= 0.6 is 0 Å². The van der Waals surface area contributed by atoms with Gasteiger partial charge in [0.15, 0.2) is 0 Å². The lowest BCUT2D eigenvalue weighted by Crippen LogP contribution is -2.50. The SMILES string of the molecule is CCC(CC)N(C)CC(C)(O)CNC(C)C. The molecular formula is C13H30N2O. The summed E-state index contributed by atoms with van der Waals surface area (Å²) in [4.78, 5) is 2.27. The molecule has 0 aliphatic rings. The maximum absolute atomic E-state index is 10.3. The van der Waals surface area contributed by atoms with Crippen molar-refractivity contribution in [1.82, 2.24) is 10.2 Å². The molecule has 0 heterocycles. The molecule has 16 heavy (non-hydrogen) atoms. The lowest BCUT2D eigenvalue weighted by molar-refractivity contribution is 0.0133. The van der Waals surface area contributed by atoms with Crippen molar-refractivity contribution < 1.29 is 5.11 Å². The molecule has 0 amide bonds. The Bertz CT molecular complexity index is 177. The van der Waals surface area contributed by atoms with Gasteiger partial charge in [-0.15, -0.1) is 0 Å². The number of aliphatic hydroxyl groups is 1. The van der Waals surface area contributed by atoms with E-state index in [4.69, 9.17) is 0 Å². The van der Waals surface area contributed by atoms with Gasteiger partial charge in [-0.3, -0.25) is 0 Å². The van der Waals surface area contributed by atoms with Crippen LogP contribution in [0.2, 0.25) is 0 Å². The standard InChI is InChI=1S/C13H30N2O/c1-7-12(8-2)15(6)10-13(5,16)9-14-11(3)4/h11-12,14,16H,7-10H2,1-6H3. The van der Waals surface area contributed by atoms with Crippen LogP contribution in [-0.2, 0) is 0 Å². The summed E-state index contributed by atoms with van der Waals surface area (Å²) in [6.07, 6.45) is 2.28. The van der Waals surface area contributed by atoms with E-state index in [0.717, 1.165) is 19.4 Å². The molecule has 3 nitrogen and oxygen atoms in total. The Labute approximate surface area is 101 Å². The fourth-order valence-electron chi connectivity index (χ4n) is 2.06. The summed E-state index contributed by atoms with van der Waals surface area (Å²) in [7, 11) is 2.10. The van der Waals surface area contributed by atoms with Crippen LogP contribution in [0.1, 0.15) is 47.5 Å². The van der Waals surface area contributed by atoms with Gasteiger partial charge < -0.3 is 15.3 Å². The van der Waals surface area contributed by atoms with Crippen LogP contribution in [0, 0.1) is 0 Å². The average Bonchev–Trinajstić information content (AvgIpc) is 2.16. The summed E-state index contributed by atoms with van der Waals surface area (Å²) in [5.41, 5.74) is -0.651. The van der Waals surface area contributed by atoms with Gasteiger partial charge >= 0.3 is 0 Å². The van der Waals surface area contributed by atoms with Gasteiger partial charge in [-0.05, 0) is 26.8 Å². The number of rotatable bonds is 8. The highest BCUT2D eigenvalue weighted by Gasteiger charge is 2.24. The molecule has 2 N–H and O–H groups in total. The molecule has 0 aromatic carbocycles. The number of nitrogens with zero attached hydrogens (tertiary/aromatic N) is 1.